The number of benzene rings is 2. The van der Waals surface area contributed by atoms with Gasteiger partial charge in [0.2, 0.25) is 0 Å². The Morgan fingerprint density at radius 3 is 2.16 bits per heavy atom. The van der Waals surface area contributed by atoms with Crippen molar-refractivity contribution in [3.05, 3.63) is 64.2 Å². The molecule has 0 amide bonds. The largest absolute Gasteiger partial charge is 0.356 e. The Hall–Kier alpha value is -2.52. The van der Waals surface area contributed by atoms with E-state index < -0.39 is 14.8 Å². The molecule has 0 fully saturated rings. The molecule has 7 nitrogen and oxygen atoms in total. The SMILES string of the molecule is C[C@@H](NC(=S)Nc1ccc([N+](=O)[O-])cc1)c1ccc(S(C)(=O)=O)cc1. The molecule has 2 aromatic carbocycles. The molecular formula is C16H17N3O4S2. The zero-order chi connectivity index (χ0) is 18.6. The van der Waals surface area contributed by atoms with E-state index in [1.807, 2.05) is 6.92 Å². The normalized spacial score (nSPS) is 12.2. The Balaban J connectivity index is 1.98. The monoisotopic (exact) mass is 379 g/mol. The molecule has 0 bridgehead atoms. The number of nitrogens with one attached hydrogen (secondary N) is 2. The van der Waals surface area contributed by atoms with Gasteiger partial charge in [0.05, 0.1) is 15.9 Å². The Bertz CT molecular complexity index is 879. The minimum Gasteiger partial charge on any atom is -0.356 e. The van der Waals surface area contributed by atoms with Crippen molar-refractivity contribution in [1.82, 2.24) is 5.32 Å². The summed E-state index contributed by atoms with van der Waals surface area (Å²) in [6, 6.07) is 12.3. The minimum absolute atomic E-state index is 0.00348. The average molecular weight is 379 g/mol. The third-order valence-electron chi connectivity index (χ3n) is 3.49. The highest BCUT2D eigenvalue weighted by molar-refractivity contribution is 7.90. The van der Waals surface area contributed by atoms with Gasteiger partial charge in [-0.25, -0.2) is 8.42 Å². The van der Waals surface area contributed by atoms with Gasteiger partial charge >= 0.3 is 0 Å². The lowest BCUT2D eigenvalue weighted by atomic mass is 10.1. The van der Waals surface area contributed by atoms with E-state index in [4.69, 9.17) is 12.2 Å². The maximum atomic E-state index is 11.5. The number of nitro groups is 1. The van der Waals surface area contributed by atoms with E-state index in [1.165, 1.54) is 12.1 Å². The first-order chi connectivity index (χ1) is 11.7. The van der Waals surface area contributed by atoms with E-state index in [9.17, 15) is 18.5 Å². The van der Waals surface area contributed by atoms with Gasteiger partial charge in [0.25, 0.3) is 5.69 Å². The lowest BCUT2D eigenvalue weighted by Crippen LogP contribution is -2.30. The van der Waals surface area contributed by atoms with Crippen LogP contribution in [-0.4, -0.2) is 24.7 Å². The van der Waals surface area contributed by atoms with Gasteiger partial charge in [-0.1, -0.05) is 12.1 Å². The standard InChI is InChI=1S/C16H17N3O4S2/c1-11(12-3-9-15(10-4-12)25(2,22)23)17-16(24)18-13-5-7-14(8-6-13)19(20)21/h3-11H,1-2H3,(H2,17,18,24)/t11-/m1/s1. The molecule has 0 saturated carbocycles. The quantitative estimate of drug-likeness (QED) is 0.468. The molecule has 0 heterocycles. The van der Waals surface area contributed by atoms with Crippen LogP contribution in [0.4, 0.5) is 11.4 Å². The van der Waals surface area contributed by atoms with Gasteiger partial charge in [-0.15, -0.1) is 0 Å². The first-order valence-electron chi connectivity index (χ1n) is 7.29. The molecule has 2 aromatic rings. The molecule has 2 N–H and O–H groups in total. The molecule has 0 aromatic heterocycles. The van der Waals surface area contributed by atoms with E-state index in [-0.39, 0.29) is 16.6 Å². The van der Waals surface area contributed by atoms with E-state index >= 15 is 0 Å². The summed E-state index contributed by atoms with van der Waals surface area (Å²) in [6.07, 6.45) is 1.16. The number of hydrogen-bond donors (Lipinski definition) is 2. The second-order valence-corrected chi connectivity index (χ2v) is 7.89. The first-order valence-corrected chi connectivity index (χ1v) is 9.59. The minimum atomic E-state index is -3.23. The Labute approximate surface area is 151 Å². The van der Waals surface area contributed by atoms with Crippen molar-refractivity contribution in [2.24, 2.45) is 0 Å². The van der Waals surface area contributed by atoms with Crippen LogP contribution in [0.25, 0.3) is 0 Å². The number of anilines is 1. The predicted octanol–water partition coefficient (Wildman–Crippen LogP) is 3.05. The number of non-ortho nitro benzene ring substituents is 1. The zero-order valence-corrected chi connectivity index (χ0v) is 15.2. The van der Waals surface area contributed by atoms with Crippen molar-refractivity contribution in [2.75, 3.05) is 11.6 Å². The maximum absolute atomic E-state index is 11.5. The molecule has 0 aliphatic carbocycles. The Morgan fingerprint density at radius 2 is 1.68 bits per heavy atom. The highest BCUT2D eigenvalue weighted by Gasteiger charge is 2.11. The van der Waals surface area contributed by atoms with Gasteiger partial charge in [-0.3, -0.25) is 10.1 Å². The van der Waals surface area contributed by atoms with Crippen molar-refractivity contribution >= 4 is 38.5 Å². The predicted molar refractivity (Wildman–Crippen MR) is 100 cm³/mol. The number of hydrogen-bond acceptors (Lipinski definition) is 5. The summed E-state index contributed by atoms with van der Waals surface area (Å²) in [6.45, 7) is 1.89. The molecule has 0 unspecified atom stereocenters. The molecule has 2 rings (SSSR count). The Morgan fingerprint density at radius 1 is 1.12 bits per heavy atom. The van der Waals surface area contributed by atoms with Crippen LogP contribution >= 0.6 is 12.2 Å². The molecule has 0 spiro atoms. The molecular weight excluding hydrogens is 362 g/mol. The third-order valence-corrected chi connectivity index (χ3v) is 4.84. The average Bonchev–Trinajstić information content (AvgIpc) is 2.54. The molecule has 0 aliphatic rings. The summed E-state index contributed by atoms with van der Waals surface area (Å²) in [7, 11) is -3.23. The van der Waals surface area contributed by atoms with Crippen molar-refractivity contribution in [1.29, 1.82) is 0 Å². The fraction of sp³-hybridized carbons (Fsp3) is 0.188. The van der Waals surface area contributed by atoms with Gasteiger partial charge in [-0.2, -0.15) is 0 Å². The Kier molecular flexibility index (Phi) is 5.70. The highest BCUT2D eigenvalue weighted by atomic mass is 32.2. The van der Waals surface area contributed by atoms with Crippen LogP contribution in [0.1, 0.15) is 18.5 Å². The molecule has 0 radical (unpaired) electrons. The summed E-state index contributed by atoms with van der Waals surface area (Å²) in [4.78, 5) is 10.4. The van der Waals surface area contributed by atoms with Crippen LogP contribution in [-0.2, 0) is 9.84 Å². The van der Waals surface area contributed by atoms with Gasteiger partial charge in [-0.05, 0) is 49.0 Å². The van der Waals surface area contributed by atoms with E-state index in [2.05, 4.69) is 10.6 Å². The molecule has 0 aliphatic heterocycles. The number of sulfone groups is 1. The second kappa shape index (κ2) is 7.58. The van der Waals surface area contributed by atoms with Crippen molar-refractivity contribution in [2.45, 2.75) is 17.9 Å². The smallest absolute Gasteiger partial charge is 0.269 e. The number of rotatable bonds is 5. The van der Waals surface area contributed by atoms with Crippen LogP contribution in [0.2, 0.25) is 0 Å². The van der Waals surface area contributed by atoms with Gasteiger partial charge in [0.15, 0.2) is 14.9 Å². The molecule has 132 valence electrons. The summed E-state index contributed by atoms with van der Waals surface area (Å²) in [5.41, 5.74) is 1.51. The maximum Gasteiger partial charge on any atom is 0.269 e. The second-order valence-electron chi connectivity index (χ2n) is 5.47. The molecule has 25 heavy (non-hydrogen) atoms. The number of nitrogens with zero attached hydrogens (tertiary/aromatic N) is 1. The van der Waals surface area contributed by atoms with Crippen molar-refractivity contribution < 1.29 is 13.3 Å². The van der Waals surface area contributed by atoms with Gasteiger partial charge < -0.3 is 10.6 Å². The molecule has 9 heteroatoms. The van der Waals surface area contributed by atoms with Crippen LogP contribution in [0.3, 0.4) is 0 Å². The van der Waals surface area contributed by atoms with Crippen LogP contribution in [0.15, 0.2) is 53.4 Å². The van der Waals surface area contributed by atoms with E-state index in [1.54, 1.807) is 36.4 Å². The lowest BCUT2D eigenvalue weighted by Gasteiger charge is -2.17. The summed E-state index contributed by atoms with van der Waals surface area (Å²) in [5.74, 6) is 0. The zero-order valence-electron chi connectivity index (χ0n) is 13.6. The lowest BCUT2D eigenvalue weighted by molar-refractivity contribution is -0.384. The molecule has 1 atom stereocenters. The topological polar surface area (TPSA) is 101 Å². The third kappa shape index (κ3) is 5.23. The van der Waals surface area contributed by atoms with E-state index in [0.717, 1.165) is 11.8 Å². The summed E-state index contributed by atoms with van der Waals surface area (Å²) >= 11 is 5.23. The van der Waals surface area contributed by atoms with Gasteiger partial charge in [0, 0.05) is 24.1 Å². The van der Waals surface area contributed by atoms with Gasteiger partial charge in [0.1, 0.15) is 0 Å². The van der Waals surface area contributed by atoms with Crippen molar-refractivity contribution in [3.63, 3.8) is 0 Å². The fourth-order valence-corrected chi connectivity index (χ4v) is 3.04. The number of nitro benzene ring substituents is 1. The summed E-state index contributed by atoms with van der Waals surface area (Å²) < 4.78 is 22.9. The van der Waals surface area contributed by atoms with Crippen LogP contribution in [0.5, 0.6) is 0 Å². The van der Waals surface area contributed by atoms with Crippen LogP contribution in [0, 0.1) is 10.1 Å². The fourth-order valence-electron chi connectivity index (χ4n) is 2.12. The molecule has 0 saturated heterocycles. The van der Waals surface area contributed by atoms with Crippen LogP contribution < -0.4 is 10.6 Å². The van der Waals surface area contributed by atoms with Crippen molar-refractivity contribution in [3.8, 4) is 0 Å². The number of thiocarbonyl (C=S) groups is 1. The highest BCUT2D eigenvalue weighted by Crippen LogP contribution is 2.18. The first kappa shape index (κ1) is 18.8. The summed E-state index contributed by atoms with van der Waals surface area (Å²) in [5, 5.41) is 17.0. The van der Waals surface area contributed by atoms with E-state index in [0.29, 0.717) is 10.8 Å².